The first-order valence-electron chi connectivity index (χ1n) is 9.29. The van der Waals surface area contributed by atoms with E-state index in [0.717, 1.165) is 16.7 Å². The third-order valence-electron chi connectivity index (χ3n) is 5.13. The molecule has 140 valence electrons. The molecule has 3 aromatic rings. The Morgan fingerprint density at radius 3 is 1.89 bits per heavy atom. The largest absolute Gasteiger partial charge is 0.322 e. The first-order chi connectivity index (χ1) is 13.5. The van der Waals surface area contributed by atoms with Gasteiger partial charge in [-0.1, -0.05) is 90.0 Å². The number of carbonyl (C=O) groups is 1. The molecule has 0 unspecified atom stereocenters. The highest BCUT2D eigenvalue weighted by Crippen LogP contribution is 2.44. The molecule has 1 aliphatic rings. The Bertz CT molecular complexity index is 1010. The molecule has 4 rings (SSSR count). The summed E-state index contributed by atoms with van der Waals surface area (Å²) in [6.45, 7) is 4.11. The summed E-state index contributed by atoms with van der Waals surface area (Å²) in [4.78, 5) is 19.1. The molecule has 4 heteroatoms. The Morgan fingerprint density at radius 2 is 1.36 bits per heavy atom. The number of halogens is 1. The van der Waals surface area contributed by atoms with E-state index >= 15 is 0 Å². The molecule has 0 bridgehead atoms. The molecule has 0 fully saturated rings. The van der Waals surface area contributed by atoms with E-state index in [1.54, 1.807) is 4.90 Å². The SMILES string of the molecule is Cc1ccc([C@H]2N=C(c3ccccc3)N(C(=O)Cl)[C@H]2c2ccc(C)cc2)cc1. The Balaban J connectivity index is 1.88. The molecule has 0 N–H and O–H groups in total. The Labute approximate surface area is 170 Å². The second kappa shape index (κ2) is 7.61. The van der Waals surface area contributed by atoms with E-state index < -0.39 is 5.37 Å². The molecule has 3 nitrogen and oxygen atoms in total. The molecular formula is C24H21ClN2O. The van der Waals surface area contributed by atoms with Gasteiger partial charge in [-0.2, -0.15) is 0 Å². The third kappa shape index (κ3) is 3.46. The molecule has 0 radical (unpaired) electrons. The van der Waals surface area contributed by atoms with Crippen molar-refractivity contribution in [3.05, 3.63) is 107 Å². The van der Waals surface area contributed by atoms with Gasteiger partial charge in [0, 0.05) is 5.56 Å². The van der Waals surface area contributed by atoms with E-state index in [2.05, 4.69) is 55.5 Å². The fraction of sp³-hybridized carbons (Fsp3) is 0.167. The second-order valence-corrected chi connectivity index (χ2v) is 7.48. The summed E-state index contributed by atoms with van der Waals surface area (Å²) < 4.78 is 0. The van der Waals surface area contributed by atoms with Crippen LogP contribution in [0.15, 0.2) is 83.9 Å². The number of aryl methyl sites for hydroxylation is 2. The average Bonchev–Trinajstić information content (AvgIpc) is 3.11. The van der Waals surface area contributed by atoms with Gasteiger partial charge in [0.2, 0.25) is 0 Å². The number of nitrogens with zero attached hydrogens (tertiary/aromatic N) is 2. The second-order valence-electron chi connectivity index (χ2n) is 7.15. The lowest BCUT2D eigenvalue weighted by Crippen LogP contribution is -2.34. The molecule has 3 aromatic carbocycles. The van der Waals surface area contributed by atoms with Crippen LogP contribution in [0.1, 0.15) is 39.9 Å². The molecule has 0 spiro atoms. The quantitative estimate of drug-likeness (QED) is 0.388. The Kier molecular flexibility index (Phi) is 5.01. The van der Waals surface area contributed by atoms with E-state index in [4.69, 9.17) is 16.6 Å². The summed E-state index contributed by atoms with van der Waals surface area (Å²) in [6.07, 6.45) is 0. The van der Waals surface area contributed by atoms with E-state index in [0.29, 0.717) is 5.84 Å². The summed E-state index contributed by atoms with van der Waals surface area (Å²) in [7, 11) is 0. The predicted octanol–water partition coefficient (Wildman–Crippen LogP) is 6.21. The van der Waals surface area contributed by atoms with Crippen LogP contribution in [0.4, 0.5) is 4.79 Å². The standard InChI is InChI=1S/C24H21ClN2O/c1-16-8-12-18(13-9-16)21-22(19-14-10-17(2)11-15-19)27(24(25)28)23(26-21)20-6-4-3-5-7-20/h3-15,21-22H,1-2H3/t21-,22+/m1/s1. The minimum absolute atomic E-state index is 0.221. The van der Waals surface area contributed by atoms with Crippen molar-refractivity contribution in [3.63, 3.8) is 0 Å². The van der Waals surface area contributed by atoms with Crippen LogP contribution < -0.4 is 0 Å². The van der Waals surface area contributed by atoms with Gasteiger partial charge >= 0.3 is 5.37 Å². The van der Waals surface area contributed by atoms with Gasteiger partial charge in [-0.05, 0) is 36.6 Å². The highest BCUT2D eigenvalue weighted by molar-refractivity contribution is 6.64. The van der Waals surface area contributed by atoms with Crippen molar-refractivity contribution in [2.45, 2.75) is 25.9 Å². The van der Waals surface area contributed by atoms with E-state index in [1.165, 1.54) is 11.1 Å². The van der Waals surface area contributed by atoms with Crippen molar-refractivity contribution in [3.8, 4) is 0 Å². The van der Waals surface area contributed by atoms with Gasteiger partial charge in [0.15, 0.2) is 0 Å². The van der Waals surface area contributed by atoms with Crippen molar-refractivity contribution < 1.29 is 4.79 Å². The first kappa shape index (κ1) is 18.5. The van der Waals surface area contributed by atoms with Crippen molar-refractivity contribution in [1.29, 1.82) is 0 Å². The van der Waals surface area contributed by atoms with E-state index in [1.807, 2.05) is 37.3 Å². The number of benzene rings is 3. The van der Waals surface area contributed by atoms with Gasteiger partial charge < -0.3 is 0 Å². The Hall–Kier alpha value is -2.91. The van der Waals surface area contributed by atoms with Crippen LogP contribution in [0, 0.1) is 13.8 Å². The van der Waals surface area contributed by atoms with Crippen LogP contribution in [0.5, 0.6) is 0 Å². The molecule has 0 aromatic heterocycles. The summed E-state index contributed by atoms with van der Waals surface area (Å²) >= 11 is 6.09. The van der Waals surface area contributed by atoms with Crippen LogP contribution in [0.25, 0.3) is 0 Å². The summed E-state index contributed by atoms with van der Waals surface area (Å²) in [6, 6.07) is 25.7. The molecule has 0 aliphatic carbocycles. The lowest BCUT2D eigenvalue weighted by Gasteiger charge is -2.27. The number of aliphatic imine (C=N–C) groups is 1. The number of carbonyl (C=O) groups excluding carboxylic acids is 1. The smallest absolute Gasteiger partial charge is 0.273 e. The molecule has 1 aliphatic heterocycles. The predicted molar refractivity (Wildman–Crippen MR) is 114 cm³/mol. The van der Waals surface area contributed by atoms with Gasteiger partial charge in [-0.3, -0.25) is 14.7 Å². The molecule has 0 saturated carbocycles. The van der Waals surface area contributed by atoms with Crippen LogP contribution in [-0.2, 0) is 0 Å². The first-order valence-corrected chi connectivity index (χ1v) is 9.67. The topological polar surface area (TPSA) is 32.7 Å². The fourth-order valence-corrected chi connectivity index (χ4v) is 3.83. The number of amidine groups is 1. The Morgan fingerprint density at radius 1 is 0.821 bits per heavy atom. The van der Waals surface area contributed by atoms with Crippen molar-refractivity contribution in [2.24, 2.45) is 4.99 Å². The summed E-state index contributed by atoms with van der Waals surface area (Å²) in [5.41, 5.74) is 5.31. The number of amides is 1. The zero-order valence-electron chi connectivity index (χ0n) is 15.8. The van der Waals surface area contributed by atoms with Gasteiger partial charge in [-0.15, -0.1) is 0 Å². The zero-order valence-corrected chi connectivity index (χ0v) is 16.6. The molecule has 2 atom stereocenters. The molecule has 28 heavy (non-hydrogen) atoms. The van der Waals surface area contributed by atoms with Gasteiger partial charge in [-0.25, -0.2) is 0 Å². The van der Waals surface area contributed by atoms with Gasteiger partial charge in [0.25, 0.3) is 0 Å². The maximum Gasteiger partial charge on any atom is 0.322 e. The van der Waals surface area contributed by atoms with Crippen molar-refractivity contribution in [1.82, 2.24) is 4.90 Å². The summed E-state index contributed by atoms with van der Waals surface area (Å²) in [5, 5.41) is -0.525. The maximum atomic E-state index is 12.5. The minimum Gasteiger partial charge on any atom is -0.273 e. The highest BCUT2D eigenvalue weighted by Gasteiger charge is 2.41. The van der Waals surface area contributed by atoms with Crippen LogP contribution in [0.3, 0.4) is 0 Å². The zero-order chi connectivity index (χ0) is 19.7. The normalized spacial score (nSPS) is 18.8. The minimum atomic E-state index is -0.525. The monoisotopic (exact) mass is 388 g/mol. The van der Waals surface area contributed by atoms with Gasteiger partial charge in [0.1, 0.15) is 11.9 Å². The summed E-state index contributed by atoms with van der Waals surface area (Å²) in [5.74, 6) is 0.608. The fourth-order valence-electron chi connectivity index (χ4n) is 3.65. The average molecular weight is 389 g/mol. The van der Waals surface area contributed by atoms with Crippen molar-refractivity contribution in [2.75, 3.05) is 0 Å². The van der Waals surface area contributed by atoms with Crippen LogP contribution >= 0.6 is 11.6 Å². The molecule has 0 saturated heterocycles. The molecule has 1 amide bonds. The highest BCUT2D eigenvalue weighted by atomic mass is 35.5. The van der Waals surface area contributed by atoms with Crippen molar-refractivity contribution >= 4 is 22.8 Å². The van der Waals surface area contributed by atoms with Crippen LogP contribution in [0.2, 0.25) is 0 Å². The van der Waals surface area contributed by atoms with Crippen LogP contribution in [-0.4, -0.2) is 16.1 Å². The van der Waals surface area contributed by atoms with E-state index in [9.17, 15) is 4.79 Å². The number of hydrogen-bond donors (Lipinski definition) is 0. The lowest BCUT2D eigenvalue weighted by atomic mass is 9.93. The van der Waals surface area contributed by atoms with Gasteiger partial charge in [0.05, 0.1) is 6.04 Å². The third-order valence-corrected chi connectivity index (χ3v) is 5.31. The lowest BCUT2D eigenvalue weighted by molar-refractivity contribution is 0.231. The molecular weight excluding hydrogens is 368 g/mol. The maximum absolute atomic E-state index is 12.5. The number of rotatable bonds is 3. The van der Waals surface area contributed by atoms with E-state index in [-0.39, 0.29) is 12.1 Å². The molecule has 1 heterocycles. The number of hydrogen-bond acceptors (Lipinski definition) is 2.